The van der Waals surface area contributed by atoms with Crippen molar-refractivity contribution in [1.29, 1.82) is 0 Å². The van der Waals surface area contributed by atoms with Gasteiger partial charge in [-0.15, -0.1) is 0 Å². The summed E-state index contributed by atoms with van der Waals surface area (Å²) < 4.78 is 14.2. The predicted octanol–water partition coefficient (Wildman–Crippen LogP) is 2.84. The van der Waals surface area contributed by atoms with E-state index in [4.69, 9.17) is 0 Å². The number of fused-ring (bicyclic) bond motifs is 2. The highest BCUT2D eigenvalue weighted by Crippen LogP contribution is 2.31. The topological polar surface area (TPSA) is 50.9 Å². The van der Waals surface area contributed by atoms with Crippen LogP contribution in [0.15, 0.2) is 48.1 Å². The first-order valence-corrected chi connectivity index (χ1v) is 6.99. The standard InChI is InChI=1S/C9H17N3O.C7H5F/c1-8(2,3)9(4,13)5-12-7-10-6-11-12;8-7-5-1-2-6(7)4-3-5/h6-7,13H,5H2,1-4H3;1-4,7H. The van der Waals surface area contributed by atoms with Gasteiger partial charge in [-0.2, -0.15) is 5.10 Å². The minimum Gasteiger partial charge on any atom is -0.388 e. The molecule has 0 spiro atoms. The van der Waals surface area contributed by atoms with Crippen LogP contribution in [-0.2, 0) is 6.54 Å². The molecule has 0 radical (unpaired) electrons. The minimum absolute atomic E-state index is 0.168. The molecule has 1 unspecified atom stereocenters. The van der Waals surface area contributed by atoms with Gasteiger partial charge in [0.15, 0.2) is 6.17 Å². The van der Waals surface area contributed by atoms with Crippen LogP contribution in [0.2, 0.25) is 0 Å². The van der Waals surface area contributed by atoms with Gasteiger partial charge < -0.3 is 5.11 Å². The van der Waals surface area contributed by atoms with Crippen molar-refractivity contribution in [3.05, 3.63) is 48.1 Å². The number of hydrogen-bond donors (Lipinski definition) is 1. The quantitative estimate of drug-likeness (QED) is 0.911. The zero-order chi connectivity index (χ0) is 15.7. The fraction of sp³-hybridized carbons (Fsp3) is 0.500. The third kappa shape index (κ3) is 3.47. The number of allylic oxidation sites excluding steroid dienone is 6. The molecule has 0 aromatic carbocycles. The third-order valence-corrected chi connectivity index (χ3v) is 4.07. The summed E-state index contributed by atoms with van der Waals surface area (Å²) in [5, 5.41) is 14.1. The van der Waals surface area contributed by atoms with Gasteiger partial charge in [-0.3, -0.25) is 4.68 Å². The molecule has 4 nitrogen and oxygen atoms in total. The second-order valence-corrected chi connectivity index (χ2v) is 6.65. The van der Waals surface area contributed by atoms with E-state index in [1.165, 1.54) is 6.33 Å². The minimum atomic E-state index is -0.796. The number of nitrogens with zero attached hydrogens (tertiary/aromatic N) is 3. The number of halogens is 1. The van der Waals surface area contributed by atoms with Gasteiger partial charge in [-0.25, -0.2) is 9.37 Å². The summed E-state index contributed by atoms with van der Waals surface area (Å²) in [5.74, 6) is 0. The maximum atomic E-state index is 12.6. The van der Waals surface area contributed by atoms with Gasteiger partial charge in [0.1, 0.15) is 12.7 Å². The molecule has 114 valence electrons. The van der Waals surface area contributed by atoms with Crippen LogP contribution in [0.3, 0.4) is 0 Å². The first-order chi connectivity index (χ1) is 9.71. The van der Waals surface area contributed by atoms with E-state index in [1.54, 1.807) is 11.0 Å². The van der Waals surface area contributed by atoms with E-state index in [0.717, 1.165) is 11.1 Å². The number of rotatable bonds is 2. The highest BCUT2D eigenvalue weighted by molar-refractivity contribution is 5.54. The number of alkyl halides is 1. The molecule has 0 saturated heterocycles. The van der Waals surface area contributed by atoms with E-state index in [2.05, 4.69) is 10.1 Å². The second kappa shape index (κ2) is 5.56. The summed E-state index contributed by atoms with van der Waals surface area (Å²) in [5.41, 5.74) is 0.666. The van der Waals surface area contributed by atoms with Crippen molar-refractivity contribution >= 4 is 0 Å². The molecule has 0 amide bonds. The molecular formula is C16H22FN3O. The molecule has 1 heterocycles. The molecule has 2 aliphatic rings. The van der Waals surface area contributed by atoms with Gasteiger partial charge in [0.2, 0.25) is 0 Å². The van der Waals surface area contributed by atoms with E-state index < -0.39 is 11.8 Å². The van der Waals surface area contributed by atoms with Crippen molar-refractivity contribution in [1.82, 2.24) is 14.8 Å². The molecule has 3 rings (SSSR count). The van der Waals surface area contributed by atoms with Gasteiger partial charge in [0.25, 0.3) is 0 Å². The Hall–Kier alpha value is -1.75. The SMILES string of the molecule is CC(C)(C)C(C)(O)Cn1cncn1.FC1C2=CC=C1C=C2. The van der Waals surface area contributed by atoms with E-state index >= 15 is 0 Å². The first-order valence-electron chi connectivity index (χ1n) is 6.99. The van der Waals surface area contributed by atoms with Crippen LogP contribution in [0.25, 0.3) is 0 Å². The van der Waals surface area contributed by atoms with Crippen LogP contribution < -0.4 is 0 Å². The average molecular weight is 291 g/mol. The van der Waals surface area contributed by atoms with Crippen molar-refractivity contribution in [2.75, 3.05) is 0 Å². The van der Waals surface area contributed by atoms with Crippen LogP contribution in [-0.4, -0.2) is 31.6 Å². The van der Waals surface area contributed by atoms with E-state index in [9.17, 15) is 9.50 Å². The van der Waals surface area contributed by atoms with Gasteiger partial charge in [0, 0.05) is 0 Å². The summed E-state index contributed by atoms with van der Waals surface area (Å²) in [7, 11) is 0. The average Bonchev–Trinajstić information content (AvgIpc) is 3.08. The molecule has 0 fully saturated rings. The molecule has 1 N–H and O–H groups in total. The Balaban J connectivity index is 0.000000170. The lowest BCUT2D eigenvalue weighted by atomic mass is 9.78. The summed E-state index contributed by atoms with van der Waals surface area (Å²) >= 11 is 0. The number of aliphatic hydroxyl groups is 1. The maximum absolute atomic E-state index is 12.6. The fourth-order valence-electron chi connectivity index (χ4n) is 1.89. The monoisotopic (exact) mass is 291 g/mol. The Labute approximate surface area is 124 Å². The Morgan fingerprint density at radius 3 is 2.05 bits per heavy atom. The van der Waals surface area contributed by atoms with Crippen molar-refractivity contribution in [2.24, 2.45) is 5.41 Å². The molecule has 5 heteroatoms. The zero-order valence-electron chi connectivity index (χ0n) is 12.9. The lowest BCUT2D eigenvalue weighted by Gasteiger charge is -2.36. The summed E-state index contributed by atoms with van der Waals surface area (Å²) in [6.45, 7) is 8.29. The molecule has 0 aliphatic heterocycles. The summed E-state index contributed by atoms with van der Waals surface area (Å²) in [6.07, 6.45) is 9.56. The van der Waals surface area contributed by atoms with Gasteiger partial charge in [0.05, 0.1) is 12.1 Å². The Morgan fingerprint density at radius 2 is 1.76 bits per heavy atom. The second-order valence-electron chi connectivity index (χ2n) is 6.65. The lowest BCUT2D eigenvalue weighted by molar-refractivity contribution is -0.0571. The van der Waals surface area contributed by atoms with Crippen LogP contribution in [0.1, 0.15) is 27.7 Å². The van der Waals surface area contributed by atoms with E-state index in [-0.39, 0.29) is 5.41 Å². The summed E-state index contributed by atoms with van der Waals surface area (Å²) in [4.78, 5) is 3.83. The van der Waals surface area contributed by atoms with Crippen LogP contribution >= 0.6 is 0 Å². The number of aromatic nitrogens is 3. The molecule has 1 aromatic rings. The highest BCUT2D eigenvalue weighted by Gasteiger charge is 2.35. The molecule has 21 heavy (non-hydrogen) atoms. The van der Waals surface area contributed by atoms with Crippen LogP contribution in [0.4, 0.5) is 4.39 Å². The van der Waals surface area contributed by atoms with E-state index in [1.807, 2.05) is 52.0 Å². The Bertz CT molecular complexity index is 555. The van der Waals surface area contributed by atoms with E-state index in [0.29, 0.717) is 6.54 Å². The van der Waals surface area contributed by atoms with Crippen molar-refractivity contribution in [3.8, 4) is 0 Å². The predicted molar refractivity (Wildman–Crippen MR) is 80.3 cm³/mol. The van der Waals surface area contributed by atoms with Crippen molar-refractivity contribution in [2.45, 2.75) is 46.0 Å². The fourth-order valence-corrected chi connectivity index (χ4v) is 1.89. The smallest absolute Gasteiger partial charge is 0.150 e. The maximum Gasteiger partial charge on any atom is 0.150 e. The van der Waals surface area contributed by atoms with Crippen LogP contribution in [0, 0.1) is 5.41 Å². The van der Waals surface area contributed by atoms with Crippen molar-refractivity contribution < 1.29 is 9.50 Å². The Morgan fingerprint density at radius 1 is 1.19 bits per heavy atom. The molecular weight excluding hydrogens is 269 g/mol. The largest absolute Gasteiger partial charge is 0.388 e. The highest BCUT2D eigenvalue weighted by atomic mass is 19.1. The van der Waals surface area contributed by atoms with Crippen molar-refractivity contribution in [3.63, 3.8) is 0 Å². The molecule has 2 aliphatic carbocycles. The number of hydrogen-bond acceptors (Lipinski definition) is 3. The van der Waals surface area contributed by atoms with Crippen LogP contribution in [0.5, 0.6) is 0 Å². The zero-order valence-corrected chi connectivity index (χ0v) is 12.9. The third-order valence-electron chi connectivity index (χ3n) is 4.07. The molecule has 1 atom stereocenters. The molecule has 1 aromatic heterocycles. The first kappa shape index (κ1) is 15.6. The lowest BCUT2D eigenvalue weighted by Crippen LogP contribution is -2.43. The van der Waals surface area contributed by atoms with Gasteiger partial charge in [-0.05, 0) is 23.5 Å². The Kier molecular flexibility index (Phi) is 4.14. The molecule has 2 bridgehead atoms. The molecule has 0 saturated carbocycles. The normalized spacial score (nSPS) is 19.7. The van der Waals surface area contributed by atoms with Gasteiger partial charge in [-0.1, -0.05) is 45.1 Å². The summed E-state index contributed by atoms with van der Waals surface area (Å²) in [6, 6.07) is 0. The van der Waals surface area contributed by atoms with Gasteiger partial charge >= 0.3 is 0 Å².